The maximum absolute atomic E-state index is 14.0. The van der Waals surface area contributed by atoms with Gasteiger partial charge in [0.1, 0.15) is 11.4 Å². The van der Waals surface area contributed by atoms with Crippen LogP contribution in [0.15, 0.2) is 12.1 Å². The van der Waals surface area contributed by atoms with Gasteiger partial charge in [-0.1, -0.05) is 6.92 Å². The van der Waals surface area contributed by atoms with E-state index in [0.717, 1.165) is 53.4 Å². The van der Waals surface area contributed by atoms with E-state index in [-0.39, 0.29) is 18.3 Å². The lowest BCUT2D eigenvalue weighted by Gasteiger charge is -2.32. The molecule has 1 aliphatic heterocycles. The van der Waals surface area contributed by atoms with E-state index in [2.05, 4.69) is 17.2 Å². The Kier molecular flexibility index (Phi) is 4.63. The number of hydrogen-bond donors (Lipinski definition) is 2. The van der Waals surface area contributed by atoms with Gasteiger partial charge in [-0.25, -0.2) is 4.39 Å². The number of H-pyrrole nitrogens is 1. The van der Waals surface area contributed by atoms with Crippen LogP contribution in [0.5, 0.6) is 0 Å². The normalized spacial score (nSPS) is 21.2. The smallest absolute Gasteiger partial charge is 0.252 e. The largest absolute Gasteiger partial charge is 0.365 e. The average molecular weight is 332 g/mol. The van der Waals surface area contributed by atoms with Crippen LogP contribution in [0.25, 0.3) is 10.9 Å². The van der Waals surface area contributed by atoms with Crippen molar-refractivity contribution in [1.29, 1.82) is 0 Å². The predicted octanol–water partition coefficient (Wildman–Crippen LogP) is 3.75. The summed E-state index contributed by atoms with van der Waals surface area (Å²) in [5.74, 6) is -0.407. The van der Waals surface area contributed by atoms with E-state index in [1.54, 1.807) is 6.07 Å². The molecule has 2 heterocycles. The van der Waals surface area contributed by atoms with Crippen molar-refractivity contribution < 1.29 is 13.9 Å². The van der Waals surface area contributed by atoms with Gasteiger partial charge in [-0.3, -0.25) is 4.79 Å². The fraction of sp³-hybridized carbons (Fsp3) is 0.526. The van der Waals surface area contributed by atoms with Crippen molar-refractivity contribution in [3.05, 3.63) is 34.8 Å². The molecule has 0 unspecified atom stereocenters. The van der Waals surface area contributed by atoms with Crippen LogP contribution in [0.1, 0.15) is 49.9 Å². The number of halogens is 1. The lowest BCUT2D eigenvalue weighted by Crippen LogP contribution is -2.48. The van der Waals surface area contributed by atoms with Crippen LogP contribution in [-0.2, 0) is 22.5 Å². The predicted molar refractivity (Wildman–Crippen MR) is 92.4 cm³/mol. The zero-order valence-corrected chi connectivity index (χ0v) is 14.6. The standard InChI is InChI=1S/C19H25FN2O2/c1-4-16-12(2)15-10-14(20)9-13(17(15)22-16)11-21-18(23)19(3)7-5-6-8-24-19/h9-10,22H,4-8,11H2,1-3H3,(H,21,23)/t19-/m0/s1. The third kappa shape index (κ3) is 3.05. The Labute approximate surface area is 141 Å². The number of rotatable bonds is 4. The van der Waals surface area contributed by atoms with Crippen molar-refractivity contribution in [3.63, 3.8) is 0 Å². The van der Waals surface area contributed by atoms with Gasteiger partial charge in [0.25, 0.3) is 5.91 Å². The van der Waals surface area contributed by atoms with Crippen LogP contribution >= 0.6 is 0 Å². The fourth-order valence-corrected chi connectivity index (χ4v) is 3.48. The minimum absolute atomic E-state index is 0.126. The number of benzene rings is 1. The van der Waals surface area contributed by atoms with Crippen LogP contribution in [-0.4, -0.2) is 23.1 Å². The van der Waals surface area contributed by atoms with Crippen LogP contribution in [0.3, 0.4) is 0 Å². The Morgan fingerprint density at radius 1 is 1.42 bits per heavy atom. The number of aromatic nitrogens is 1. The second kappa shape index (κ2) is 6.55. The highest BCUT2D eigenvalue weighted by molar-refractivity contribution is 5.88. The molecule has 1 fully saturated rings. The summed E-state index contributed by atoms with van der Waals surface area (Å²) >= 11 is 0. The summed E-state index contributed by atoms with van der Waals surface area (Å²) in [6, 6.07) is 3.04. The molecule has 1 amide bonds. The van der Waals surface area contributed by atoms with Crippen molar-refractivity contribution >= 4 is 16.8 Å². The van der Waals surface area contributed by atoms with E-state index in [1.807, 2.05) is 13.8 Å². The molecule has 1 aromatic heterocycles. The van der Waals surface area contributed by atoms with Crippen molar-refractivity contribution in [1.82, 2.24) is 10.3 Å². The van der Waals surface area contributed by atoms with Crippen molar-refractivity contribution in [2.24, 2.45) is 0 Å². The van der Waals surface area contributed by atoms with E-state index >= 15 is 0 Å². The average Bonchev–Trinajstić information content (AvgIpc) is 2.89. The second-order valence-corrected chi connectivity index (χ2v) is 6.79. The lowest BCUT2D eigenvalue weighted by atomic mass is 9.95. The molecule has 130 valence electrons. The number of carbonyl (C=O) groups is 1. The molecule has 0 radical (unpaired) electrons. The molecule has 2 aromatic rings. The van der Waals surface area contributed by atoms with Crippen molar-refractivity contribution in [2.45, 2.75) is 58.6 Å². The van der Waals surface area contributed by atoms with Gasteiger partial charge in [0.2, 0.25) is 0 Å². The number of nitrogens with one attached hydrogen (secondary N) is 2. The Morgan fingerprint density at radius 3 is 2.88 bits per heavy atom. The first kappa shape index (κ1) is 17.0. The zero-order valence-electron chi connectivity index (χ0n) is 14.6. The minimum atomic E-state index is -0.773. The van der Waals surface area contributed by atoms with Gasteiger partial charge in [0.05, 0.1) is 5.52 Å². The number of ether oxygens (including phenoxy) is 1. The Bertz CT molecular complexity index is 760. The van der Waals surface area contributed by atoms with Gasteiger partial charge in [-0.2, -0.15) is 0 Å². The molecule has 4 nitrogen and oxygen atoms in total. The van der Waals surface area contributed by atoms with Gasteiger partial charge in [0.15, 0.2) is 0 Å². The molecule has 3 rings (SSSR count). The van der Waals surface area contributed by atoms with Gasteiger partial charge >= 0.3 is 0 Å². The summed E-state index contributed by atoms with van der Waals surface area (Å²) in [6.45, 7) is 6.79. The summed E-state index contributed by atoms with van der Waals surface area (Å²) in [6.07, 6.45) is 3.57. The first-order chi connectivity index (χ1) is 11.4. The highest BCUT2D eigenvalue weighted by Crippen LogP contribution is 2.28. The molecule has 5 heteroatoms. The Balaban J connectivity index is 1.83. The number of hydrogen-bond acceptors (Lipinski definition) is 2. The molecule has 1 atom stereocenters. The number of carbonyl (C=O) groups excluding carboxylic acids is 1. The molecular weight excluding hydrogens is 307 g/mol. The molecule has 1 aromatic carbocycles. The van der Waals surface area contributed by atoms with Crippen LogP contribution in [0.2, 0.25) is 0 Å². The lowest BCUT2D eigenvalue weighted by molar-refractivity contribution is -0.150. The van der Waals surface area contributed by atoms with E-state index < -0.39 is 5.60 Å². The van der Waals surface area contributed by atoms with Crippen LogP contribution in [0, 0.1) is 12.7 Å². The highest BCUT2D eigenvalue weighted by Gasteiger charge is 2.35. The molecule has 0 aliphatic carbocycles. The van der Waals surface area contributed by atoms with Crippen molar-refractivity contribution in [2.75, 3.05) is 6.61 Å². The van der Waals surface area contributed by atoms with Crippen molar-refractivity contribution in [3.8, 4) is 0 Å². The fourth-order valence-electron chi connectivity index (χ4n) is 3.48. The molecule has 0 saturated carbocycles. The first-order valence-corrected chi connectivity index (χ1v) is 8.66. The van der Waals surface area contributed by atoms with Crippen LogP contribution in [0.4, 0.5) is 4.39 Å². The van der Waals surface area contributed by atoms with Gasteiger partial charge in [-0.15, -0.1) is 0 Å². The number of aryl methyl sites for hydroxylation is 2. The number of amides is 1. The zero-order chi connectivity index (χ0) is 17.3. The minimum Gasteiger partial charge on any atom is -0.365 e. The topological polar surface area (TPSA) is 54.1 Å². The summed E-state index contributed by atoms with van der Waals surface area (Å²) in [5, 5.41) is 3.81. The molecule has 0 spiro atoms. The Hall–Kier alpha value is -1.88. The summed E-state index contributed by atoms with van der Waals surface area (Å²) in [7, 11) is 0. The van der Waals surface area contributed by atoms with E-state index in [4.69, 9.17) is 4.74 Å². The van der Waals surface area contributed by atoms with E-state index in [1.165, 1.54) is 6.07 Å². The summed E-state index contributed by atoms with van der Waals surface area (Å²) in [4.78, 5) is 15.9. The quantitative estimate of drug-likeness (QED) is 0.896. The molecule has 0 bridgehead atoms. The first-order valence-electron chi connectivity index (χ1n) is 8.66. The van der Waals surface area contributed by atoms with Gasteiger partial charge in [0, 0.05) is 24.2 Å². The second-order valence-electron chi connectivity index (χ2n) is 6.79. The summed E-state index contributed by atoms with van der Waals surface area (Å²) in [5.41, 5.74) is 3.07. The molecular formula is C19H25FN2O2. The number of fused-ring (bicyclic) bond motifs is 1. The Morgan fingerprint density at radius 2 is 2.21 bits per heavy atom. The number of aromatic amines is 1. The maximum Gasteiger partial charge on any atom is 0.252 e. The third-order valence-corrected chi connectivity index (χ3v) is 5.06. The molecule has 1 aliphatic rings. The molecule has 1 saturated heterocycles. The third-order valence-electron chi connectivity index (χ3n) is 5.06. The molecule has 24 heavy (non-hydrogen) atoms. The maximum atomic E-state index is 14.0. The highest BCUT2D eigenvalue weighted by atomic mass is 19.1. The monoisotopic (exact) mass is 332 g/mol. The van der Waals surface area contributed by atoms with E-state index in [9.17, 15) is 9.18 Å². The summed E-state index contributed by atoms with van der Waals surface area (Å²) < 4.78 is 19.7. The van der Waals surface area contributed by atoms with Gasteiger partial charge < -0.3 is 15.0 Å². The molecule has 2 N–H and O–H groups in total. The van der Waals surface area contributed by atoms with E-state index in [0.29, 0.717) is 6.61 Å². The van der Waals surface area contributed by atoms with Gasteiger partial charge in [-0.05, 0) is 62.8 Å². The SMILES string of the molecule is CCc1[nH]c2c(CNC(=O)[C@]3(C)CCCCO3)cc(F)cc2c1C. The van der Waals surface area contributed by atoms with Crippen LogP contribution < -0.4 is 5.32 Å².